The first-order chi connectivity index (χ1) is 12.8. The van der Waals surface area contributed by atoms with Gasteiger partial charge in [-0.1, -0.05) is 28.9 Å². The van der Waals surface area contributed by atoms with E-state index in [0.29, 0.717) is 28.2 Å². The zero-order valence-corrected chi connectivity index (χ0v) is 15.9. The Morgan fingerprint density at radius 3 is 2.81 bits per heavy atom. The van der Waals surface area contributed by atoms with Crippen molar-refractivity contribution in [2.24, 2.45) is 5.10 Å². The van der Waals surface area contributed by atoms with Crippen LogP contribution in [0.5, 0.6) is 0 Å². The summed E-state index contributed by atoms with van der Waals surface area (Å²) in [6.45, 7) is 3.26. The van der Waals surface area contributed by atoms with Gasteiger partial charge in [0.25, 0.3) is 10.0 Å². The van der Waals surface area contributed by atoms with Gasteiger partial charge in [0.1, 0.15) is 11.2 Å². The van der Waals surface area contributed by atoms with E-state index in [1.54, 1.807) is 35.2 Å². The van der Waals surface area contributed by atoms with Gasteiger partial charge in [-0.05, 0) is 23.3 Å². The fraction of sp³-hybridized carbons (Fsp3) is 0.125. The molecule has 1 atom stereocenters. The van der Waals surface area contributed by atoms with Gasteiger partial charge in [-0.25, -0.2) is 13.4 Å². The second-order valence-corrected chi connectivity index (χ2v) is 7.60. The van der Waals surface area contributed by atoms with E-state index >= 15 is 0 Å². The first-order valence-electron chi connectivity index (χ1n) is 7.78. The molecule has 0 amide bonds. The zero-order chi connectivity index (χ0) is 19.4. The third-order valence-electron chi connectivity index (χ3n) is 3.43. The van der Waals surface area contributed by atoms with Crippen LogP contribution in [0.15, 0.2) is 47.6 Å². The first-order valence-corrected chi connectivity index (χ1v) is 9.70. The first kappa shape index (κ1) is 18.8. The summed E-state index contributed by atoms with van der Waals surface area (Å²) in [6, 6.07) is 6.55. The molecule has 1 unspecified atom stereocenters. The van der Waals surface area contributed by atoms with Gasteiger partial charge in [0.15, 0.2) is 18.9 Å². The molecule has 0 radical (unpaired) electrons. The number of anilines is 4. The summed E-state index contributed by atoms with van der Waals surface area (Å²) < 4.78 is 27.3. The Hall–Kier alpha value is -2.98. The van der Waals surface area contributed by atoms with E-state index in [0.717, 1.165) is 5.41 Å². The van der Waals surface area contributed by atoms with Crippen LogP contribution in [0.2, 0.25) is 5.02 Å². The van der Waals surface area contributed by atoms with Crippen LogP contribution in [0, 0.1) is 0 Å². The van der Waals surface area contributed by atoms with E-state index in [-0.39, 0.29) is 6.04 Å². The molecule has 0 saturated heterocycles. The highest BCUT2D eigenvalue weighted by Crippen LogP contribution is 2.25. The molecule has 0 spiro atoms. The topological polar surface area (TPSA) is 111 Å². The number of rotatable bonds is 7. The predicted molar refractivity (Wildman–Crippen MR) is 108 cm³/mol. The minimum atomic E-state index is -3.59. The number of hydrazone groups is 1. The minimum absolute atomic E-state index is 0.124. The van der Waals surface area contributed by atoms with Gasteiger partial charge in [0, 0.05) is 11.1 Å². The molecule has 140 valence electrons. The van der Waals surface area contributed by atoms with E-state index in [1.165, 1.54) is 6.20 Å². The summed E-state index contributed by atoms with van der Waals surface area (Å²) in [7, 11) is -1.77. The Kier molecular flexibility index (Phi) is 5.38. The van der Waals surface area contributed by atoms with Crippen LogP contribution in [0.3, 0.4) is 0 Å². The van der Waals surface area contributed by atoms with Gasteiger partial charge in [-0.15, -0.1) is 0 Å². The van der Waals surface area contributed by atoms with Gasteiger partial charge >= 0.3 is 0 Å². The Bertz CT molecular complexity index is 1040. The molecule has 1 aliphatic rings. The number of nitrogens with one attached hydrogen (secondary N) is 3. The second kappa shape index (κ2) is 7.72. The van der Waals surface area contributed by atoms with Crippen LogP contribution in [0.25, 0.3) is 0 Å². The lowest BCUT2D eigenvalue weighted by molar-refractivity contribution is -0.494. The van der Waals surface area contributed by atoms with E-state index in [1.807, 2.05) is 13.3 Å². The summed E-state index contributed by atoms with van der Waals surface area (Å²) in [5.41, 5.74) is 0.975. The molecule has 1 aromatic carbocycles. The average Bonchev–Trinajstić information content (AvgIpc) is 3.03. The lowest BCUT2D eigenvalue weighted by atomic mass is 10.3. The normalized spacial score (nSPS) is 15.9. The molecule has 9 nitrogen and oxygen atoms in total. The van der Waals surface area contributed by atoms with Gasteiger partial charge in [0.2, 0.25) is 12.2 Å². The van der Waals surface area contributed by atoms with E-state index in [2.05, 4.69) is 37.0 Å². The van der Waals surface area contributed by atoms with Crippen molar-refractivity contribution in [3.63, 3.8) is 0 Å². The molecule has 1 aromatic heterocycles. The largest absolute Gasteiger partial charge is 0.339 e. The molecule has 3 N–H and O–H groups in total. The molecule has 0 fully saturated rings. The van der Waals surface area contributed by atoms with Crippen molar-refractivity contribution < 1.29 is 13.1 Å². The maximum atomic E-state index is 11.6. The molecular formula is C16H17ClN7O2S+. The molecule has 2 heterocycles. The zero-order valence-electron chi connectivity index (χ0n) is 14.3. The molecule has 11 heteroatoms. The summed E-state index contributed by atoms with van der Waals surface area (Å²) in [4.78, 5) is 8.51. The smallest absolute Gasteiger partial charge is 0.254 e. The highest BCUT2D eigenvalue weighted by Gasteiger charge is 2.17. The Labute approximate surface area is 161 Å². The number of hydrogen-bond donors (Lipinski definition) is 3. The number of aromatic nitrogens is 2. The molecule has 3 rings (SSSR count). The van der Waals surface area contributed by atoms with E-state index < -0.39 is 10.0 Å². The van der Waals surface area contributed by atoms with Crippen LogP contribution >= 0.6 is 11.6 Å². The second-order valence-electron chi connectivity index (χ2n) is 5.57. The Balaban J connectivity index is 1.78. The quantitative estimate of drug-likeness (QED) is 0.608. The third kappa shape index (κ3) is 5.02. The van der Waals surface area contributed by atoms with Crippen molar-refractivity contribution >= 4 is 57.2 Å². The Morgan fingerprint density at radius 1 is 1.33 bits per heavy atom. The highest BCUT2D eigenvalue weighted by molar-refractivity contribution is 7.95. The van der Waals surface area contributed by atoms with Gasteiger partial charge in [-0.3, -0.25) is 4.72 Å². The molecule has 27 heavy (non-hydrogen) atoms. The number of halogens is 1. The average molecular weight is 407 g/mol. The molecule has 0 aliphatic carbocycles. The van der Waals surface area contributed by atoms with Crippen molar-refractivity contribution in [1.82, 2.24) is 9.97 Å². The third-order valence-corrected chi connectivity index (χ3v) is 4.67. The summed E-state index contributed by atoms with van der Waals surface area (Å²) in [6.07, 6.45) is 5.06. The molecule has 2 aromatic rings. The van der Waals surface area contributed by atoms with Crippen LogP contribution in [0.1, 0.15) is 0 Å². The fourth-order valence-corrected chi connectivity index (χ4v) is 2.91. The van der Waals surface area contributed by atoms with E-state index in [9.17, 15) is 8.42 Å². The van der Waals surface area contributed by atoms with Gasteiger partial charge < -0.3 is 10.6 Å². The lowest BCUT2D eigenvalue weighted by Gasteiger charge is -2.11. The van der Waals surface area contributed by atoms with E-state index in [4.69, 9.17) is 11.6 Å². The minimum Gasteiger partial charge on any atom is -0.339 e. The Morgan fingerprint density at radius 2 is 2.11 bits per heavy atom. The number of hydrogen-bond acceptors (Lipinski definition) is 7. The summed E-state index contributed by atoms with van der Waals surface area (Å²) in [5, 5.41) is 11.4. The maximum Gasteiger partial charge on any atom is 0.254 e. The van der Waals surface area contributed by atoms with Crippen molar-refractivity contribution in [3.05, 3.63) is 47.5 Å². The molecular weight excluding hydrogens is 390 g/mol. The SMILES string of the molecule is C=CS(=O)(=O)Nc1cccc(Nc2nc(NC3C=N[N+](C)=C3)ncc2Cl)c1. The number of sulfonamides is 1. The molecule has 0 saturated carbocycles. The predicted octanol–water partition coefficient (Wildman–Crippen LogP) is 2.25. The summed E-state index contributed by atoms with van der Waals surface area (Å²) >= 11 is 6.17. The number of nitrogens with zero attached hydrogens (tertiary/aromatic N) is 4. The fourth-order valence-electron chi connectivity index (χ4n) is 2.24. The van der Waals surface area contributed by atoms with Crippen molar-refractivity contribution in [1.29, 1.82) is 0 Å². The van der Waals surface area contributed by atoms with Crippen LogP contribution in [-0.4, -0.2) is 48.6 Å². The van der Waals surface area contributed by atoms with Crippen molar-refractivity contribution in [3.8, 4) is 0 Å². The lowest BCUT2D eigenvalue weighted by Crippen LogP contribution is -2.22. The molecule has 0 bridgehead atoms. The highest BCUT2D eigenvalue weighted by atomic mass is 35.5. The monoisotopic (exact) mass is 406 g/mol. The van der Waals surface area contributed by atoms with Crippen molar-refractivity contribution in [2.45, 2.75) is 6.04 Å². The molecule has 1 aliphatic heterocycles. The number of benzene rings is 1. The van der Waals surface area contributed by atoms with Crippen molar-refractivity contribution in [2.75, 3.05) is 22.4 Å². The standard InChI is InChI=1S/C16H17ClN7O2S/c1-3-27(25,26)23-12-6-4-5-11(7-12)20-15-14(17)9-18-16(22-15)21-13-8-19-24(2)10-13/h3-10,13,23H,1H2,2H3,(H2,18,20,21,22)/q+1. The summed E-state index contributed by atoms with van der Waals surface area (Å²) in [5.74, 6) is 0.745. The maximum absolute atomic E-state index is 11.6. The van der Waals surface area contributed by atoms with Crippen LogP contribution in [0.4, 0.5) is 23.1 Å². The van der Waals surface area contributed by atoms with Gasteiger partial charge in [0.05, 0.1) is 11.9 Å². The van der Waals surface area contributed by atoms with Gasteiger partial charge in [-0.2, -0.15) is 4.98 Å². The van der Waals surface area contributed by atoms with Crippen LogP contribution < -0.4 is 15.4 Å². The van der Waals surface area contributed by atoms with Crippen LogP contribution in [-0.2, 0) is 10.0 Å².